The Morgan fingerprint density at radius 1 is 1.45 bits per heavy atom. The Morgan fingerprint density at radius 3 is 3.00 bits per heavy atom. The summed E-state index contributed by atoms with van der Waals surface area (Å²) in [6.07, 6.45) is 3.75. The molecular weight excluding hydrogens is 272 g/mol. The fourth-order valence-electron chi connectivity index (χ4n) is 2.70. The lowest BCUT2D eigenvalue weighted by Crippen LogP contribution is -2.40. The van der Waals surface area contributed by atoms with Gasteiger partial charge in [0.1, 0.15) is 0 Å². The minimum atomic E-state index is 0.344. The zero-order chi connectivity index (χ0) is 14.4. The molecule has 0 amide bonds. The number of halogens is 1. The van der Waals surface area contributed by atoms with Crippen LogP contribution in [0.15, 0.2) is 18.2 Å². The van der Waals surface area contributed by atoms with Crippen LogP contribution in [0.3, 0.4) is 0 Å². The first-order valence-electron chi connectivity index (χ1n) is 7.54. The maximum Gasteiger partial charge on any atom is 0.0750 e. The van der Waals surface area contributed by atoms with Gasteiger partial charge in [0.2, 0.25) is 0 Å². The summed E-state index contributed by atoms with van der Waals surface area (Å²) < 4.78 is 5.89. The van der Waals surface area contributed by atoms with Gasteiger partial charge in [-0.15, -0.1) is 0 Å². The molecule has 1 aliphatic rings. The molecule has 112 valence electrons. The third-order valence-corrected chi connectivity index (χ3v) is 3.97. The van der Waals surface area contributed by atoms with Gasteiger partial charge in [-0.05, 0) is 44.0 Å². The predicted molar refractivity (Wildman–Crippen MR) is 85.7 cm³/mol. The highest BCUT2D eigenvalue weighted by molar-refractivity contribution is 6.33. The van der Waals surface area contributed by atoms with E-state index < -0.39 is 0 Å². The van der Waals surface area contributed by atoms with Gasteiger partial charge in [-0.3, -0.25) is 0 Å². The van der Waals surface area contributed by atoms with Gasteiger partial charge in [-0.1, -0.05) is 24.6 Å². The van der Waals surface area contributed by atoms with E-state index in [1.807, 2.05) is 7.05 Å². The molecule has 0 radical (unpaired) electrons. The van der Waals surface area contributed by atoms with Crippen LogP contribution in [0.5, 0.6) is 0 Å². The molecule has 1 aliphatic heterocycles. The Labute approximate surface area is 127 Å². The molecule has 0 bridgehead atoms. The van der Waals surface area contributed by atoms with Crippen LogP contribution in [0.4, 0.5) is 5.69 Å². The Balaban J connectivity index is 2.02. The van der Waals surface area contributed by atoms with Crippen molar-refractivity contribution in [3.05, 3.63) is 28.8 Å². The molecule has 1 fully saturated rings. The van der Waals surface area contributed by atoms with Crippen molar-refractivity contribution in [1.82, 2.24) is 5.32 Å². The van der Waals surface area contributed by atoms with Gasteiger partial charge in [0.15, 0.2) is 0 Å². The Hall–Kier alpha value is -0.770. The Kier molecular flexibility index (Phi) is 6.14. The number of ether oxygens (including phenoxy) is 1. The molecule has 1 aromatic rings. The van der Waals surface area contributed by atoms with Gasteiger partial charge in [0.05, 0.1) is 16.8 Å². The highest BCUT2D eigenvalue weighted by Gasteiger charge is 2.21. The number of piperidine rings is 1. The van der Waals surface area contributed by atoms with Crippen LogP contribution < -0.4 is 10.2 Å². The monoisotopic (exact) mass is 296 g/mol. The third kappa shape index (κ3) is 4.11. The molecule has 1 N–H and O–H groups in total. The van der Waals surface area contributed by atoms with Crippen molar-refractivity contribution in [1.29, 1.82) is 0 Å². The van der Waals surface area contributed by atoms with E-state index in [4.69, 9.17) is 16.3 Å². The second-order valence-corrected chi connectivity index (χ2v) is 5.80. The van der Waals surface area contributed by atoms with Crippen LogP contribution in [0.25, 0.3) is 0 Å². The lowest BCUT2D eigenvalue weighted by Gasteiger charge is -2.34. The summed E-state index contributed by atoms with van der Waals surface area (Å²) in [5.41, 5.74) is 2.35. The maximum absolute atomic E-state index is 6.44. The third-order valence-electron chi connectivity index (χ3n) is 3.67. The zero-order valence-electron chi connectivity index (χ0n) is 12.5. The molecule has 1 heterocycles. The summed E-state index contributed by atoms with van der Waals surface area (Å²) in [4.78, 5) is 2.36. The van der Waals surface area contributed by atoms with Crippen LogP contribution in [0.2, 0.25) is 5.02 Å². The second-order valence-electron chi connectivity index (χ2n) is 5.40. The van der Waals surface area contributed by atoms with Crippen LogP contribution >= 0.6 is 11.6 Å². The van der Waals surface area contributed by atoms with Gasteiger partial charge in [-0.2, -0.15) is 0 Å². The summed E-state index contributed by atoms with van der Waals surface area (Å²) in [5, 5.41) is 3.99. The number of rotatable bonds is 6. The zero-order valence-corrected chi connectivity index (χ0v) is 13.2. The highest BCUT2D eigenvalue weighted by Crippen LogP contribution is 2.29. The van der Waals surface area contributed by atoms with Crippen molar-refractivity contribution in [3.8, 4) is 0 Å². The molecule has 2 rings (SSSR count). The number of hydrogen-bond acceptors (Lipinski definition) is 3. The molecule has 1 unspecified atom stereocenters. The van der Waals surface area contributed by atoms with Gasteiger partial charge in [-0.25, -0.2) is 0 Å². The normalized spacial score (nSPS) is 19.4. The molecule has 1 aromatic carbocycles. The van der Waals surface area contributed by atoms with E-state index in [1.165, 1.54) is 12.0 Å². The van der Waals surface area contributed by atoms with Crippen LogP contribution in [-0.4, -0.2) is 32.8 Å². The smallest absolute Gasteiger partial charge is 0.0750 e. The molecular formula is C16H25ClN2O. The van der Waals surface area contributed by atoms with Crippen molar-refractivity contribution >= 4 is 17.3 Å². The SMILES string of the molecule is CCCOC1CCCN(c2ccc(CNC)cc2Cl)C1. The molecule has 3 nitrogen and oxygen atoms in total. The molecule has 0 spiro atoms. The minimum absolute atomic E-state index is 0.344. The molecule has 0 aromatic heterocycles. The first kappa shape index (κ1) is 15.6. The number of benzene rings is 1. The van der Waals surface area contributed by atoms with E-state index in [0.29, 0.717) is 6.10 Å². The van der Waals surface area contributed by atoms with E-state index in [0.717, 1.165) is 49.8 Å². The summed E-state index contributed by atoms with van der Waals surface area (Å²) in [6, 6.07) is 6.34. The molecule has 1 saturated heterocycles. The quantitative estimate of drug-likeness (QED) is 0.870. The summed E-state index contributed by atoms with van der Waals surface area (Å²) >= 11 is 6.44. The van der Waals surface area contributed by atoms with Crippen molar-refractivity contribution in [2.45, 2.75) is 38.8 Å². The van der Waals surface area contributed by atoms with Gasteiger partial charge >= 0.3 is 0 Å². The molecule has 4 heteroatoms. The Morgan fingerprint density at radius 2 is 2.30 bits per heavy atom. The van der Waals surface area contributed by atoms with Crippen LogP contribution in [-0.2, 0) is 11.3 Å². The first-order valence-corrected chi connectivity index (χ1v) is 7.92. The standard InChI is InChI=1S/C16H25ClN2O/c1-3-9-20-14-5-4-8-19(12-14)16-7-6-13(11-18-2)10-15(16)17/h6-7,10,14,18H,3-5,8-9,11-12H2,1-2H3. The fraction of sp³-hybridized carbons (Fsp3) is 0.625. The number of anilines is 1. The molecule has 20 heavy (non-hydrogen) atoms. The van der Waals surface area contributed by atoms with Crippen molar-refractivity contribution < 1.29 is 4.74 Å². The molecule has 1 atom stereocenters. The topological polar surface area (TPSA) is 24.5 Å². The van der Waals surface area contributed by atoms with E-state index in [9.17, 15) is 0 Å². The average molecular weight is 297 g/mol. The predicted octanol–water partition coefficient (Wildman–Crippen LogP) is 3.45. The van der Waals surface area contributed by atoms with Crippen molar-refractivity contribution in [2.24, 2.45) is 0 Å². The maximum atomic E-state index is 6.44. The molecule has 0 aliphatic carbocycles. The fourth-order valence-corrected chi connectivity index (χ4v) is 3.02. The van der Waals surface area contributed by atoms with Crippen LogP contribution in [0.1, 0.15) is 31.7 Å². The van der Waals surface area contributed by atoms with E-state index in [-0.39, 0.29) is 0 Å². The largest absolute Gasteiger partial charge is 0.376 e. The van der Waals surface area contributed by atoms with Crippen LogP contribution in [0, 0.1) is 0 Å². The number of nitrogens with zero attached hydrogens (tertiary/aromatic N) is 1. The lowest BCUT2D eigenvalue weighted by molar-refractivity contribution is 0.0440. The minimum Gasteiger partial charge on any atom is -0.376 e. The summed E-state index contributed by atoms with van der Waals surface area (Å²) in [6.45, 7) is 5.87. The second kappa shape index (κ2) is 7.87. The number of nitrogens with one attached hydrogen (secondary N) is 1. The lowest BCUT2D eigenvalue weighted by atomic mass is 10.1. The highest BCUT2D eigenvalue weighted by atomic mass is 35.5. The van der Waals surface area contributed by atoms with Crippen molar-refractivity contribution in [2.75, 3.05) is 31.6 Å². The van der Waals surface area contributed by atoms with E-state index in [1.54, 1.807) is 0 Å². The summed E-state index contributed by atoms with van der Waals surface area (Å²) in [7, 11) is 1.95. The van der Waals surface area contributed by atoms with Gasteiger partial charge in [0, 0.05) is 26.2 Å². The van der Waals surface area contributed by atoms with Crippen molar-refractivity contribution in [3.63, 3.8) is 0 Å². The average Bonchev–Trinajstić information content (AvgIpc) is 2.46. The van der Waals surface area contributed by atoms with Gasteiger partial charge in [0.25, 0.3) is 0 Å². The van der Waals surface area contributed by atoms with Gasteiger partial charge < -0.3 is 15.0 Å². The molecule has 0 saturated carbocycles. The van der Waals surface area contributed by atoms with E-state index in [2.05, 4.69) is 35.3 Å². The Bertz CT molecular complexity index is 425. The van der Waals surface area contributed by atoms with E-state index >= 15 is 0 Å². The number of hydrogen-bond donors (Lipinski definition) is 1. The first-order chi connectivity index (χ1) is 9.74. The summed E-state index contributed by atoms with van der Waals surface area (Å²) in [5.74, 6) is 0.